The maximum absolute atomic E-state index is 12.4. The lowest BCUT2D eigenvalue weighted by Gasteiger charge is -2.45. The van der Waals surface area contributed by atoms with Crippen LogP contribution < -0.4 is 10.6 Å². The Morgan fingerprint density at radius 2 is 2.00 bits per heavy atom. The van der Waals surface area contributed by atoms with E-state index in [1.54, 1.807) is 23.1 Å². The number of halogens is 1. The van der Waals surface area contributed by atoms with Crippen molar-refractivity contribution in [1.29, 1.82) is 0 Å². The van der Waals surface area contributed by atoms with Crippen molar-refractivity contribution in [2.45, 2.75) is 18.5 Å². The molecule has 2 aliphatic rings. The molecule has 0 unspecified atom stereocenters. The first-order chi connectivity index (χ1) is 11.6. The number of carbonyl (C=O) groups excluding carboxylic acids is 2. The first-order valence-corrected chi connectivity index (χ1v) is 8.59. The van der Waals surface area contributed by atoms with Gasteiger partial charge in [0.25, 0.3) is 11.8 Å². The standard InChI is InChI=1S/C17H16BrN3O3/c18-11-3-4-13-12(10-11)15(22)20-17(19-13)5-7-21(8-6-17)16(23)14-2-1-9-24-14/h1-4,9-10,19H,5-8H2,(H,20,22). The van der Waals surface area contributed by atoms with E-state index in [0.29, 0.717) is 37.3 Å². The van der Waals surface area contributed by atoms with Crippen LogP contribution in [0.25, 0.3) is 0 Å². The summed E-state index contributed by atoms with van der Waals surface area (Å²) in [6.45, 7) is 1.11. The van der Waals surface area contributed by atoms with E-state index in [1.165, 1.54) is 6.26 Å². The summed E-state index contributed by atoms with van der Waals surface area (Å²) < 4.78 is 6.05. The second-order valence-electron chi connectivity index (χ2n) is 6.12. The number of likely N-dealkylation sites (tertiary alicyclic amines) is 1. The van der Waals surface area contributed by atoms with Crippen molar-refractivity contribution in [2.24, 2.45) is 0 Å². The van der Waals surface area contributed by atoms with Crippen LogP contribution in [0.4, 0.5) is 5.69 Å². The van der Waals surface area contributed by atoms with E-state index in [2.05, 4.69) is 26.6 Å². The first kappa shape index (κ1) is 15.3. The third-order valence-electron chi connectivity index (χ3n) is 4.59. The van der Waals surface area contributed by atoms with Gasteiger partial charge in [-0.3, -0.25) is 9.59 Å². The third kappa shape index (κ3) is 2.58. The van der Waals surface area contributed by atoms with E-state index >= 15 is 0 Å². The summed E-state index contributed by atoms with van der Waals surface area (Å²) in [5.41, 5.74) is 0.953. The molecule has 1 fully saturated rings. The third-order valence-corrected chi connectivity index (χ3v) is 5.08. The molecule has 1 saturated heterocycles. The molecule has 0 atom stereocenters. The molecule has 0 radical (unpaired) electrons. The molecule has 3 heterocycles. The van der Waals surface area contributed by atoms with Gasteiger partial charge in [0.05, 0.1) is 11.8 Å². The van der Waals surface area contributed by atoms with Crippen molar-refractivity contribution in [1.82, 2.24) is 10.2 Å². The Labute approximate surface area is 147 Å². The Kier molecular flexibility index (Phi) is 3.60. The van der Waals surface area contributed by atoms with E-state index in [1.807, 2.05) is 12.1 Å². The summed E-state index contributed by atoms with van der Waals surface area (Å²) in [6.07, 6.45) is 2.78. The molecule has 24 heavy (non-hydrogen) atoms. The van der Waals surface area contributed by atoms with Gasteiger partial charge in [0.2, 0.25) is 0 Å². The summed E-state index contributed by atoms with van der Waals surface area (Å²) >= 11 is 3.39. The average molecular weight is 390 g/mol. The highest BCUT2D eigenvalue weighted by Gasteiger charge is 2.41. The maximum atomic E-state index is 12.4. The van der Waals surface area contributed by atoms with Crippen LogP contribution in [0.5, 0.6) is 0 Å². The molecule has 0 aliphatic carbocycles. The first-order valence-electron chi connectivity index (χ1n) is 7.79. The molecular formula is C17H16BrN3O3. The van der Waals surface area contributed by atoms with E-state index in [4.69, 9.17) is 4.42 Å². The molecule has 2 N–H and O–H groups in total. The van der Waals surface area contributed by atoms with Crippen LogP contribution in [-0.2, 0) is 0 Å². The van der Waals surface area contributed by atoms with Crippen LogP contribution in [-0.4, -0.2) is 35.5 Å². The number of furan rings is 1. The predicted molar refractivity (Wildman–Crippen MR) is 91.8 cm³/mol. The van der Waals surface area contributed by atoms with Crippen molar-refractivity contribution in [3.8, 4) is 0 Å². The molecule has 124 valence electrons. The number of amides is 2. The van der Waals surface area contributed by atoms with Crippen molar-refractivity contribution < 1.29 is 14.0 Å². The second kappa shape index (κ2) is 5.66. The molecule has 1 spiro atoms. The highest BCUT2D eigenvalue weighted by Crippen LogP contribution is 2.33. The Morgan fingerprint density at radius 3 is 2.71 bits per heavy atom. The zero-order valence-corrected chi connectivity index (χ0v) is 14.4. The van der Waals surface area contributed by atoms with Gasteiger partial charge < -0.3 is 20.0 Å². The number of benzene rings is 1. The number of hydrogen-bond acceptors (Lipinski definition) is 4. The minimum Gasteiger partial charge on any atom is -0.459 e. The van der Waals surface area contributed by atoms with Crippen molar-refractivity contribution in [3.63, 3.8) is 0 Å². The second-order valence-corrected chi connectivity index (χ2v) is 7.04. The Bertz CT molecular complexity index is 795. The fourth-order valence-electron chi connectivity index (χ4n) is 3.28. The predicted octanol–water partition coefficient (Wildman–Crippen LogP) is 2.83. The molecule has 2 amide bonds. The topological polar surface area (TPSA) is 74.6 Å². The van der Waals surface area contributed by atoms with Gasteiger partial charge >= 0.3 is 0 Å². The number of nitrogens with one attached hydrogen (secondary N) is 2. The van der Waals surface area contributed by atoms with Gasteiger partial charge in [-0.05, 0) is 30.3 Å². The number of rotatable bonds is 1. The molecular weight excluding hydrogens is 374 g/mol. The summed E-state index contributed by atoms with van der Waals surface area (Å²) in [7, 11) is 0. The fraction of sp³-hybridized carbons (Fsp3) is 0.294. The Hall–Kier alpha value is -2.28. The zero-order valence-electron chi connectivity index (χ0n) is 12.8. The van der Waals surface area contributed by atoms with Gasteiger partial charge in [-0.1, -0.05) is 15.9 Å². The van der Waals surface area contributed by atoms with Crippen molar-refractivity contribution >= 4 is 33.4 Å². The molecule has 6 nitrogen and oxygen atoms in total. The number of carbonyl (C=O) groups is 2. The lowest BCUT2D eigenvalue weighted by Crippen LogP contribution is -2.62. The lowest BCUT2D eigenvalue weighted by molar-refractivity contribution is 0.0611. The number of piperidine rings is 1. The molecule has 1 aromatic heterocycles. The molecule has 7 heteroatoms. The monoisotopic (exact) mass is 389 g/mol. The molecule has 2 aromatic rings. The van der Waals surface area contributed by atoms with Gasteiger partial charge in [0.1, 0.15) is 5.66 Å². The van der Waals surface area contributed by atoms with Gasteiger partial charge in [-0.15, -0.1) is 0 Å². The van der Waals surface area contributed by atoms with Crippen LogP contribution >= 0.6 is 15.9 Å². The molecule has 4 rings (SSSR count). The maximum Gasteiger partial charge on any atom is 0.289 e. The van der Waals surface area contributed by atoms with E-state index < -0.39 is 5.66 Å². The van der Waals surface area contributed by atoms with E-state index in [9.17, 15) is 9.59 Å². The van der Waals surface area contributed by atoms with Crippen LogP contribution in [0.1, 0.15) is 33.8 Å². The lowest BCUT2D eigenvalue weighted by atomic mass is 9.92. The fourth-order valence-corrected chi connectivity index (χ4v) is 3.65. The van der Waals surface area contributed by atoms with Crippen molar-refractivity contribution in [3.05, 3.63) is 52.4 Å². The minimum atomic E-state index is -0.502. The van der Waals surface area contributed by atoms with Crippen LogP contribution in [0, 0.1) is 0 Å². The van der Waals surface area contributed by atoms with E-state index in [-0.39, 0.29) is 11.8 Å². The Morgan fingerprint density at radius 1 is 1.21 bits per heavy atom. The van der Waals surface area contributed by atoms with Crippen LogP contribution in [0.15, 0.2) is 45.5 Å². The van der Waals surface area contributed by atoms with E-state index in [0.717, 1.165) is 10.2 Å². The van der Waals surface area contributed by atoms with Crippen LogP contribution in [0.2, 0.25) is 0 Å². The van der Waals surface area contributed by atoms with Crippen LogP contribution in [0.3, 0.4) is 0 Å². The number of anilines is 1. The summed E-state index contributed by atoms with van der Waals surface area (Å²) in [6, 6.07) is 8.99. The smallest absolute Gasteiger partial charge is 0.289 e. The molecule has 0 bridgehead atoms. The molecule has 1 aromatic carbocycles. The van der Waals surface area contributed by atoms with Gasteiger partial charge in [-0.2, -0.15) is 0 Å². The highest BCUT2D eigenvalue weighted by atomic mass is 79.9. The van der Waals surface area contributed by atoms with Gasteiger partial charge in [0.15, 0.2) is 5.76 Å². The minimum absolute atomic E-state index is 0.0872. The average Bonchev–Trinajstić information content (AvgIpc) is 3.10. The SMILES string of the molecule is O=C1NC2(CCN(C(=O)c3ccco3)CC2)Nc2ccc(Br)cc21. The summed E-state index contributed by atoms with van der Waals surface area (Å²) in [4.78, 5) is 26.6. The summed E-state index contributed by atoms with van der Waals surface area (Å²) in [5, 5.41) is 6.53. The highest BCUT2D eigenvalue weighted by molar-refractivity contribution is 9.10. The summed E-state index contributed by atoms with van der Waals surface area (Å²) in [5.74, 6) is 0.152. The Balaban J connectivity index is 1.50. The van der Waals surface area contributed by atoms with Gasteiger partial charge in [-0.25, -0.2) is 0 Å². The molecule has 2 aliphatic heterocycles. The normalized spacial score (nSPS) is 18.7. The number of nitrogens with zero attached hydrogens (tertiary/aromatic N) is 1. The quantitative estimate of drug-likeness (QED) is 0.786. The van der Waals surface area contributed by atoms with Crippen molar-refractivity contribution in [2.75, 3.05) is 18.4 Å². The van der Waals surface area contributed by atoms with Gasteiger partial charge in [0, 0.05) is 36.1 Å². The number of fused-ring (bicyclic) bond motifs is 1. The number of hydrogen-bond donors (Lipinski definition) is 2. The molecule has 0 saturated carbocycles. The zero-order chi connectivity index (χ0) is 16.7. The largest absolute Gasteiger partial charge is 0.459 e.